The predicted octanol–water partition coefficient (Wildman–Crippen LogP) is 3.67. The molecule has 1 aromatic heterocycles. The van der Waals surface area contributed by atoms with Crippen molar-refractivity contribution in [2.75, 3.05) is 13.7 Å². The average molecular weight is 391 g/mol. The summed E-state index contributed by atoms with van der Waals surface area (Å²) in [5.41, 5.74) is 2.81. The third-order valence-corrected chi connectivity index (χ3v) is 5.24. The molecule has 6 nitrogen and oxygen atoms in total. The molecular weight excluding hydrogens is 356 g/mol. The van der Waals surface area contributed by atoms with Gasteiger partial charge in [0, 0.05) is 24.2 Å². The Hall–Kier alpha value is -1.89. The summed E-state index contributed by atoms with van der Waals surface area (Å²) in [6.45, 7) is 6.06. The zero-order valence-electron chi connectivity index (χ0n) is 17.4. The second kappa shape index (κ2) is 11.2. The number of fused-ring (bicyclic) bond motifs is 1. The van der Waals surface area contributed by atoms with Crippen molar-refractivity contribution >= 4 is 16.6 Å². The van der Waals surface area contributed by atoms with E-state index in [0.717, 1.165) is 31.2 Å². The summed E-state index contributed by atoms with van der Waals surface area (Å²) >= 11 is 0. The van der Waals surface area contributed by atoms with Crippen molar-refractivity contribution in [3.8, 4) is 0 Å². The lowest BCUT2D eigenvalue weighted by Gasteiger charge is -2.27. The molecule has 3 N–H and O–H groups in total. The van der Waals surface area contributed by atoms with Gasteiger partial charge in [0.25, 0.3) is 0 Å². The van der Waals surface area contributed by atoms with Crippen LogP contribution in [0.15, 0.2) is 35.6 Å². The second-order valence-electron chi connectivity index (χ2n) is 7.39. The zero-order valence-corrected chi connectivity index (χ0v) is 17.4. The first-order valence-corrected chi connectivity index (χ1v) is 10.1. The number of nitrogens with zero attached hydrogens (tertiary/aromatic N) is 1. The van der Waals surface area contributed by atoms with Crippen LogP contribution in [0.2, 0.25) is 0 Å². The highest BCUT2D eigenvalue weighted by Crippen LogP contribution is 2.20. The largest absolute Gasteiger partial charge is 0.396 e. The minimum atomic E-state index is -1.11. The summed E-state index contributed by atoms with van der Waals surface area (Å²) in [6, 6.07) is 8.29. The maximum Gasteiger partial charge on any atom is 0.124 e. The second-order valence-corrected chi connectivity index (χ2v) is 7.39. The van der Waals surface area contributed by atoms with Gasteiger partial charge in [-0.2, -0.15) is 0 Å². The molecule has 1 aromatic carbocycles. The Labute approximate surface area is 167 Å². The van der Waals surface area contributed by atoms with Crippen molar-refractivity contribution in [3.05, 3.63) is 36.0 Å². The molecule has 0 aliphatic rings. The number of aryl methyl sites for hydroxylation is 1. The molecule has 156 valence electrons. The number of H-pyrrole nitrogens is 1. The Kier molecular flexibility index (Phi) is 8.96. The van der Waals surface area contributed by atoms with Crippen molar-refractivity contribution in [1.29, 1.82) is 0 Å². The van der Waals surface area contributed by atoms with Crippen LogP contribution in [-0.4, -0.2) is 52.9 Å². The number of rotatable bonds is 12. The van der Waals surface area contributed by atoms with Crippen molar-refractivity contribution in [2.45, 2.75) is 64.8 Å². The van der Waals surface area contributed by atoms with E-state index < -0.39 is 12.2 Å². The van der Waals surface area contributed by atoms with Crippen molar-refractivity contribution in [1.82, 2.24) is 4.98 Å². The monoisotopic (exact) mass is 390 g/mol. The average Bonchev–Trinajstić information content (AvgIpc) is 3.11. The molecule has 0 aliphatic carbocycles. The summed E-state index contributed by atoms with van der Waals surface area (Å²) in [5.74, 6) is 0.155. The lowest BCUT2D eigenvalue weighted by molar-refractivity contribution is 0.0419. The molecule has 2 aromatic rings. The van der Waals surface area contributed by atoms with Gasteiger partial charge in [0.2, 0.25) is 0 Å². The van der Waals surface area contributed by atoms with Crippen molar-refractivity contribution < 1.29 is 19.8 Å². The summed E-state index contributed by atoms with van der Waals surface area (Å²) in [7, 11) is 1.59. The number of hydrogen-bond donors (Lipinski definition) is 3. The van der Waals surface area contributed by atoms with Gasteiger partial charge in [0.05, 0.1) is 6.10 Å². The number of unbranched alkanes of at least 4 members (excludes halogenated alkanes) is 1. The normalized spacial score (nSPS) is 16.7. The number of aromatic amines is 1. The SMILES string of the molecule is CCC(C)[C@H](OC)/C(=N/OCCCCc1c[nH]c2ccccc12)[C@@H](O)[C@@H](C)O. The Morgan fingerprint density at radius 3 is 2.61 bits per heavy atom. The summed E-state index contributed by atoms with van der Waals surface area (Å²) in [6.07, 6.45) is 3.29. The molecule has 0 spiro atoms. The molecular formula is C22H34N2O4. The summed E-state index contributed by atoms with van der Waals surface area (Å²) in [5, 5.41) is 25.5. The van der Waals surface area contributed by atoms with Gasteiger partial charge >= 0.3 is 0 Å². The first kappa shape index (κ1) is 22.4. The molecule has 1 unspecified atom stereocenters. The van der Waals surface area contributed by atoms with Crippen LogP contribution in [0.25, 0.3) is 10.9 Å². The van der Waals surface area contributed by atoms with Crippen LogP contribution in [-0.2, 0) is 16.0 Å². The molecule has 0 aliphatic heterocycles. The number of para-hydroxylation sites is 1. The number of aliphatic hydroxyl groups excluding tert-OH is 2. The van der Waals surface area contributed by atoms with E-state index in [1.807, 2.05) is 13.0 Å². The van der Waals surface area contributed by atoms with Gasteiger partial charge in [0.15, 0.2) is 0 Å². The molecule has 6 heteroatoms. The minimum Gasteiger partial charge on any atom is -0.396 e. The molecule has 28 heavy (non-hydrogen) atoms. The van der Waals surface area contributed by atoms with Crippen LogP contribution in [0, 0.1) is 5.92 Å². The third-order valence-electron chi connectivity index (χ3n) is 5.24. The first-order valence-electron chi connectivity index (χ1n) is 10.1. The molecule has 2 rings (SSSR count). The summed E-state index contributed by atoms with van der Waals surface area (Å²) in [4.78, 5) is 8.78. The molecule has 0 bridgehead atoms. The lowest BCUT2D eigenvalue weighted by Crippen LogP contribution is -2.43. The number of benzene rings is 1. The van der Waals surface area contributed by atoms with Crippen molar-refractivity contribution in [2.24, 2.45) is 11.1 Å². The highest BCUT2D eigenvalue weighted by Gasteiger charge is 2.30. The predicted molar refractivity (Wildman–Crippen MR) is 113 cm³/mol. The third kappa shape index (κ3) is 5.80. The van der Waals surface area contributed by atoms with Gasteiger partial charge in [-0.05, 0) is 43.7 Å². The van der Waals surface area contributed by atoms with E-state index in [0.29, 0.717) is 12.3 Å². The molecule has 4 atom stereocenters. The fourth-order valence-electron chi connectivity index (χ4n) is 3.32. The van der Waals surface area contributed by atoms with Crippen molar-refractivity contribution in [3.63, 3.8) is 0 Å². The Balaban J connectivity index is 1.88. The Morgan fingerprint density at radius 1 is 1.18 bits per heavy atom. The van der Waals surface area contributed by atoms with E-state index in [9.17, 15) is 10.2 Å². The van der Waals surface area contributed by atoms with E-state index in [4.69, 9.17) is 9.57 Å². The van der Waals surface area contributed by atoms with Crippen LogP contribution in [0.1, 0.15) is 45.6 Å². The smallest absolute Gasteiger partial charge is 0.124 e. The van der Waals surface area contributed by atoms with Crippen LogP contribution >= 0.6 is 0 Å². The highest BCUT2D eigenvalue weighted by molar-refractivity contribution is 5.92. The molecule has 0 saturated heterocycles. The molecule has 0 fully saturated rings. The van der Waals surface area contributed by atoms with E-state index in [1.165, 1.54) is 17.9 Å². The van der Waals surface area contributed by atoms with Crippen LogP contribution in [0.4, 0.5) is 0 Å². The fraction of sp³-hybridized carbons (Fsp3) is 0.591. The summed E-state index contributed by atoms with van der Waals surface area (Å²) < 4.78 is 5.52. The fourth-order valence-corrected chi connectivity index (χ4v) is 3.32. The van der Waals surface area contributed by atoms with Gasteiger partial charge in [0.1, 0.15) is 24.5 Å². The van der Waals surface area contributed by atoms with Gasteiger partial charge < -0.3 is 24.8 Å². The van der Waals surface area contributed by atoms with Gasteiger partial charge in [-0.15, -0.1) is 0 Å². The van der Waals surface area contributed by atoms with Crippen LogP contribution < -0.4 is 0 Å². The topological polar surface area (TPSA) is 87.1 Å². The molecule has 0 amide bonds. The standard InChI is InChI=1S/C22H34N2O4/c1-5-15(2)22(27-4)20(21(26)16(3)25)24-28-13-9-8-10-17-14-23-19-12-7-6-11-18(17)19/h6-7,11-12,14-16,21-23,25-26H,5,8-10,13H2,1-4H3/b24-20+/t15?,16-,21+,22+/m1/s1. The number of aromatic nitrogens is 1. The van der Waals surface area contributed by atoms with Gasteiger partial charge in [-0.1, -0.05) is 43.6 Å². The Morgan fingerprint density at radius 2 is 1.93 bits per heavy atom. The first-order chi connectivity index (χ1) is 13.5. The van der Waals surface area contributed by atoms with Crippen LogP contribution in [0.3, 0.4) is 0 Å². The molecule has 0 saturated carbocycles. The molecule has 0 radical (unpaired) electrons. The number of hydrogen-bond acceptors (Lipinski definition) is 5. The van der Waals surface area contributed by atoms with Gasteiger partial charge in [-0.25, -0.2) is 0 Å². The minimum absolute atomic E-state index is 0.155. The van der Waals surface area contributed by atoms with Gasteiger partial charge in [-0.3, -0.25) is 0 Å². The maximum absolute atomic E-state index is 10.3. The number of nitrogens with one attached hydrogen (secondary N) is 1. The number of ether oxygens (including phenoxy) is 1. The van der Waals surface area contributed by atoms with Crippen LogP contribution in [0.5, 0.6) is 0 Å². The quantitative estimate of drug-likeness (QED) is 0.293. The number of aliphatic hydroxyl groups is 2. The molecule has 1 heterocycles. The highest BCUT2D eigenvalue weighted by atomic mass is 16.6. The maximum atomic E-state index is 10.3. The number of oxime groups is 1. The van der Waals surface area contributed by atoms with E-state index >= 15 is 0 Å². The number of methoxy groups -OCH3 is 1. The lowest BCUT2D eigenvalue weighted by atomic mass is 9.93. The zero-order chi connectivity index (χ0) is 20.5. The Bertz CT molecular complexity index is 741. The van der Waals surface area contributed by atoms with E-state index in [2.05, 4.69) is 41.5 Å². The van der Waals surface area contributed by atoms with E-state index in [1.54, 1.807) is 7.11 Å². The van der Waals surface area contributed by atoms with E-state index in [-0.39, 0.29) is 12.0 Å².